The summed E-state index contributed by atoms with van der Waals surface area (Å²) in [5, 5.41) is 6.97. The molecule has 0 spiro atoms. The van der Waals surface area contributed by atoms with E-state index >= 15 is 0 Å². The largest absolute Gasteiger partial charge is 0.370 e. The van der Waals surface area contributed by atoms with Crippen LogP contribution in [0, 0.1) is 5.41 Å². The van der Waals surface area contributed by atoms with Gasteiger partial charge in [-0.05, 0) is 6.42 Å². The third-order valence-electron chi connectivity index (χ3n) is 2.01. The fourth-order valence-corrected chi connectivity index (χ4v) is 1.21. The van der Waals surface area contributed by atoms with E-state index in [-0.39, 0.29) is 0 Å². The van der Waals surface area contributed by atoms with Gasteiger partial charge >= 0.3 is 0 Å². The van der Waals surface area contributed by atoms with Crippen LogP contribution in [0.4, 0.5) is 0 Å². The second kappa shape index (κ2) is 5.04. The molecule has 12 heavy (non-hydrogen) atoms. The number of unbranched alkanes of at least 4 members (excludes halogenated alkanes) is 1. The Morgan fingerprint density at radius 1 is 1.75 bits per heavy atom. The van der Waals surface area contributed by atoms with Crippen LogP contribution >= 0.6 is 0 Å². The highest BCUT2D eigenvalue weighted by Crippen LogP contribution is 2.08. The smallest absolute Gasteiger partial charge is 0.0903 e. The fourth-order valence-electron chi connectivity index (χ4n) is 1.21. The van der Waals surface area contributed by atoms with Crippen LogP contribution in [0.1, 0.15) is 26.2 Å². The second-order valence-corrected chi connectivity index (χ2v) is 3.05. The quantitative estimate of drug-likeness (QED) is 0.637. The maximum absolute atomic E-state index is 6.97. The molecule has 0 saturated carbocycles. The van der Waals surface area contributed by atoms with Crippen molar-refractivity contribution in [2.75, 3.05) is 13.2 Å². The number of aliphatic imine (C=N–C) groups is 1. The van der Waals surface area contributed by atoms with Crippen molar-refractivity contribution < 1.29 is 4.74 Å². The molecule has 1 unspecified atom stereocenters. The van der Waals surface area contributed by atoms with Crippen molar-refractivity contribution in [2.45, 2.75) is 32.3 Å². The molecule has 1 atom stereocenters. The van der Waals surface area contributed by atoms with Crippen molar-refractivity contribution in [3.63, 3.8) is 0 Å². The standard InChI is InChI=1S/C9H16N2O/c1-2-3-4-9-6-11-8(5-10)7-12-9/h5,9-10H,2-4,6-7H2,1H3. The number of nitrogens with one attached hydrogen (secondary N) is 1. The van der Waals surface area contributed by atoms with Crippen LogP contribution < -0.4 is 0 Å². The zero-order valence-electron chi connectivity index (χ0n) is 7.55. The Morgan fingerprint density at radius 2 is 2.58 bits per heavy atom. The van der Waals surface area contributed by atoms with Gasteiger partial charge in [-0.2, -0.15) is 0 Å². The molecule has 0 aromatic carbocycles. The summed E-state index contributed by atoms with van der Waals surface area (Å²) in [6, 6.07) is 0. The van der Waals surface area contributed by atoms with Gasteiger partial charge < -0.3 is 10.1 Å². The third-order valence-corrected chi connectivity index (χ3v) is 2.01. The lowest BCUT2D eigenvalue weighted by Crippen LogP contribution is -2.27. The third kappa shape index (κ3) is 2.74. The minimum absolute atomic E-state index is 0.300. The van der Waals surface area contributed by atoms with Crippen molar-refractivity contribution in [2.24, 2.45) is 4.99 Å². The van der Waals surface area contributed by atoms with Gasteiger partial charge in [-0.25, -0.2) is 0 Å². The molecule has 3 heteroatoms. The average molecular weight is 168 g/mol. The molecule has 68 valence electrons. The van der Waals surface area contributed by atoms with Gasteiger partial charge in [0.2, 0.25) is 0 Å². The van der Waals surface area contributed by atoms with Crippen molar-refractivity contribution in [3.8, 4) is 0 Å². The molecule has 1 aliphatic heterocycles. The Balaban J connectivity index is 2.26. The SMILES string of the molecule is CCCCC1CN=C(C=N)CO1. The van der Waals surface area contributed by atoms with Crippen LogP contribution in [0.5, 0.6) is 0 Å². The molecule has 0 radical (unpaired) electrons. The van der Waals surface area contributed by atoms with Crippen LogP contribution in [-0.2, 0) is 4.74 Å². The van der Waals surface area contributed by atoms with Gasteiger partial charge in [0.1, 0.15) is 0 Å². The summed E-state index contributed by atoms with van der Waals surface area (Å²) in [5.74, 6) is 0. The number of ether oxygens (including phenoxy) is 1. The Morgan fingerprint density at radius 3 is 3.08 bits per heavy atom. The molecule has 0 aliphatic carbocycles. The van der Waals surface area contributed by atoms with Crippen LogP contribution in [0.15, 0.2) is 4.99 Å². The van der Waals surface area contributed by atoms with Gasteiger partial charge in [-0.3, -0.25) is 4.99 Å². The highest BCUT2D eigenvalue weighted by Gasteiger charge is 2.13. The number of nitrogens with zero attached hydrogens (tertiary/aromatic N) is 1. The van der Waals surface area contributed by atoms with E-state index in [0.717, 1.165) is 18.7 Å². The van der Waals surface area contributed by atoms with Gasteiger partial charge in [-0.1, -0.05) is 19.8 Å². The van der Waals surface area contributed by atoms with Crippen molar-refractivity contribution in [1.29, 1.82) is 5.41 Å². The molecule has 0 aromatic rings. The molecule has 1 heterocycles. The van der Waals surface area contributed by atoms with E-state index in [4.69, 9.17) is 10.1 Å². The molecule has 0 saturated heterocycles. The summed E-state index contributed by atoms with van der Waals surface area (Å²) in [5.41, 5.74) is 0.766. The lowest BCUT2D eigenvalue weighted by molar-refractivity contribution is 0.0726. The first-order valence-electron chi connectivity index (χ1n) is 4.52. The number of hydrogen-bond acceptors (Lipinski definition) is 3. The molecule has 0 aromatic heterocycles. The zero-order chi connectivity index (χ0) is 8.81. The maximum Gasteiger partial charge on any atom is 0.0903 e. The van der Waals surface area contributed by atoms with Crippen molar-refractivity contribution >= 4 is 11.9 Å². The molecule has 0 amide bonds. The highest BCUT2D eigenvalue weighted by molar-refractivity contribution is 6.30. The molecular weight excluding hydrogens is 152 g/mol. The van der Waals surface area contributed by atoms with Crippen LogP contribution in [0.2, 0.25) is 0 Å². The summed E-state index contributed by atoms with van der Waals surface area (Å²) in [7, 11) is 0. The van der Waals surface area contributed by atoms with Crippen LogP contribution in [-0.4, -0.2) is 31.2 Å². The van der Waals surface area contributed by atoms with E-state index in [2.05, 4.69) is 11.9 Å². The van der Waals surface area contributed by atoms with E-state index in [9.17, 15) is 0 Å². The second-order valence-electron chi connectivity index (χ2n) is 3.05. The minimum atomic E-state index is 0.300. The normalized spacial score (nSPS) is 23.4. The van der Waals surface area contributed by atoms with Crippen molar-refractivity contribution in [3.05, 3.63) is 0 Å². The summed E-state index contributed by atoms with van der Waals surface area (Å²) >= 11 is 0. The predicted octanol–water partition coefficient (Wildman–Crippen LogP) is 1.67. The average Bonchev–Trinajstić information content (AvgIpc) is 2.15. The van der Waals surface area contributed by atoms with Gasteiger partial charge in [-0.15, -0.1) is 0 Å². The first-order valence-corrected chi connectivity index (χ1v) is 4.52. The van der Waals surface area contributed by atoms with Crippen molar-refractivity contribution in [1.82, 2.24) is 0 Å². The molecule has 0 fully saturated rings. The Bertz CT molecular complexity index is 177. The van der Waals surface area contributed by atoms with Crippen LogP contribution in [0.25, 0.3) is 0 Å². The maximum atomic E-state index is 6.97. The Labute approximate surface area is 73.3 Å². The lowest BCUT2D eigenvalue weighted by atomic mass is 10.1. The molecule has 1 rings (SSSR count). The Kier molecular flexibility index (Phi) is 3.94. The summed E-state index contributed by atoms with van der Waals surface area (Å²) in [6.07, 6.45) is 5.09. The van der Waals surface area contributed by atoms with E-state index in [1.54, 1.807) is 0 Å². The van der Waals surface area contributed by atoms with E-state index in [1.807, 2.05) is 0 Å². The Hall–Kier alpha value is -0.700. The topological polar surface area (TPSA) is 45.4 Å². The number of rotatable bonds is 4. The summed E-state index contributed by atoms with van der Waals surface area (Å²) in [6.45, 7) is 3.44. The van der Waals surface area contributed by atoms with Gasteiger partial charge in [0.15, 0.2) is 0 Å². The lowest BCUT2D eigenvalue weighted by Gasteiger charge is -2.20. The van der Waals surface area contributed by atoms with E-state index in [0.29, 0.717) is 12.7 Å². The molecule has 0 bridgehead atoms. The van der Waals surface area contributed by atoms with E-state index < -0.39 is 0 Å². The van der Waals surface area contributed by atoms with Gasteiger partial charge in [0, 0.05) is 6.21 Å². The van der Waals surface area contributed by atoms with Gasteiger partial charge in [0.25, 0.3) is 0 Å². The fraction of sp³-hybridized carbons (Fsp3) is 0.778. The zero-order valence-corrected chi connectivity index (χ0v) is 7.55. The number of hydrogen-bond donors (Lipinski definition) is 1. The predicted molar refractivity (Wildman–Crippen MR) is 50.4 cm³/mol. The molecule has 1 aliphatic rings. The molecular formula is C9H16N2O. The summed E-state index contributed by atoms with van der Waals surface area (Å²) in [4.78, 5) is 4.23. The van der Waals surface area contributed by atoms with Gasteiger partial charge in [0.05, 0.1) is 25.0 Å². The first-order chi connectivity index (χ1) is 5.86. The molecule has 3 nitrogen and oxygen atoms in total. The molecule has 1 N–H and O–H groups in total. The highest BCUT2D eigenvalue weighted by atomic mass is 16.5. The van der Waals surface area contributed by atoms with Crippen LogP contribution in [0.3, 0.4) is 0 Å². The first kappa shape index (κ1) is 9.39. The summed E-state index contributed by atoms with van der Waals surface area (Å²) < 4.78 is 5.50. The monoisotopic (exact) mass is 168 g/mol. The van der Waals surface area contributed by atoms with E-state index in [1.165, 1.54) is 19.1 Å². The minimum Gasteiger partial charge on any atom is -0.370 e.